The molecule has 3 nitrogen and oxygen atoms in total. The number of amides is 1. The van der Waals surface area contributed by atoms with Crippen molar-refractivity contribution in [2.75, 3.05) is 19.7 Å². The Bertz CT molecular complexity index is 453. The molecular weight excluding hydrogens is 318 g/mol. The van der Waals surface area contributed by atoms with Crippen molar-refractivity contribution in [3.8, 4) is 0 Å². The molecule has 1 atom stereocenters. The summed E-state index contributed by atoms with van der Waals surface area (Å²) in [6.45, 7) is 3.91. The number of rotatable bonds is 2. The lowest BCUT2D eigenvalue weighted by Gasteiger charge is -2.32. The standard InChI is InChI=1S/C13H15BrClNO2/c1-2-9-8-16(6-7-18-9)13(17)10-4-3-5-11(14)12(10)15/h3-5,9H,2,6-8H2,1H3. The van der Waals surface area contributed by atoms with Crippen LogP contribution in [-0.4, -0.2) is 36.6 Å². The van der Waals surface area contributed by atoms with Crippen LogP contribution in [0.15, 0.2) is 22.7 Å². The summed E-state index contributed by atoms with van der Waals surface area (Å²) in [6, 6.07) is 5.40. The average molecular weight is 333 g/mol. The molecule has 2 rings (SSSR count). The van der Waals surface area contributed by atoms with Gasteiger partial charge in [-0.05, 0) is 34.5 Å². The largest absolute Gasteiger partial charge is 0.375 e. The Balaban J connectivity index is 2.18. The molecule has 0 aromatic heterocycles. The van der Waals surface area contributed by atoms with Gasteiger partial charge in [0.05, 0.1) is 23.3 Å². The molecule has 5 heteroatoms. The zero-order valence-corrected chi connectivity index (χ0v) is 12.5. The van der Waals surface area contributed by atoms with Crippen LogP contribution in [-0.2, 0) is 4.74 Å². The summed E-state index contributed by atoms with van der Waals surface area (Å²) in [7, 11) is 0. The number of nitrogens with zero attached hydrogens (tertiary/aromatic N) is 1. The molecule has 18 heavy (non-hydrogen) atoms. The molecule has 1 unspecified atom stereocenters. The maximum absolute atomic E-state index is 12.4. The minimum absolute atomic E-state index is 0.0250. The maximum atomic E-state index is 12.4. The summed E-state index contributed by atoms with van der Waals surface area (Å²) >= 11 is 9.49. The molecule has 1 saturated heterocycles. The maximum Gasteiger partial charge on any atom is 0.255 e. The van der Waals surface area contributed by atoms with Crippen LogP contribution in [0.25, 0.3) is 0 Å². The van der Waals surface area contributed by atoms with E-state index in [9.17, 15) is 4.79 Å². The molecule has 1 heterocycles. The molecule has 1 fully saturated rings. The van der Waals surface area contributed by atoms with Crippen molar-refractivity contribution >= 4 is 33.4 Å². The van der Waals surface area contributed by atoms with Crippen LogP contribution in [0.4, 0.5) is 0 Å². The third-order valence-corrected chi connectivity index (χ3v) is 4.36. The number of carbonyl (C=O) groups is 1. The van der Waals surface area contributed by atoms with Gasteiger partial charge in [-0.3, -0.25) is 4.79 Å². The fraction of sp³-hybridized carbons (Fsp3) is 0.462. The minimum Gasteiger partial charge on any atom is -0.375 e. The van der Waals surface area contributed by atoms with Gasteiger partial charge in [-0.1, -0.05) is 24.6 Å². The zero-order chi connectivity index (χ0) is 13.1. The van der Waals surface area contributed by atoms with Crippen LogP contribution < -0.4 is 0 Å². The van der Waals surface area contributed by atoms with Gasteiger partial charge in [0.1, 0.15) is 0 Å². The van der Waals surface area contributed by atoms with Crippen LogP contribution >= 0.6 is 27.5 Å². The van der Waals surface area contributed by atoms with E-state index in [-0.39, 0.29) is 12.0 Å². The third-order valence-electron chi connectivity index (χ3n) is 3.06. The molecule has 1 aromatic carbocycles. The zero-order valence-electron chi connectivity index (χ0n) is 10.2. The van der Waals surface area contributed by atoms with Crippen molar-refractivity contribution in [2.45, 2.75) is 19.4 Å². The summed E-state index contributed by atoms with van der Waals surface area (Å²) in [6.07, 6.45) is 1.05. The molecule has 0 spiro atoms. The van der Waals surface area contributed by atoms with Gasteiger partial charge in [0.15, 0.2) is 0 Å². The van der Waals surface area contributed by atoms with Gasteiger partial charge in [0, 0.05) is 17.6 Å². The number of hydrogen-bond donors (Lipinski definition) is 0. The van der Waals surface area contributed by atoms with E-state index >= 15 is 0 Å². The van der Waals surface area contributed by atoms with E-state index in [4.69, 9.17) is 16.3 Å². The van der Waals surface area contributed by atoms with Gasteiger partial charge in [-0.25, -0.2) is 0 Å². The topological polar surface area (TPSA) is 29.5 Å². The highest BCUT2D eigenvalue weighted by Gasteiger charge is 2.25. The molecule has 0 saturated carbocycles. The van der Waals surface area contributed by atoms with E-state index in [1.807, 2.05) is 17.0 Å². The molecule has 0 N–H and O–H groups in total. The Labute approximate surface area is 120 Å². The van der Waals surface area contributed by atoms with E-state index in [0.717, 1.165) is 10.9 Å². The Morgan fingerprint density at radius 3 is 3.11 bits per heavy atom. The number of benzene rings is 1. The molecule has 1 amide bonds. The van der Waals surface area contributed by atoms with Crippen LogP contribution in [0.2, 0.25) is 5.02 Å². The monoisotopic (exact) mass is 331 g/mol. The lowest BCUT2D eigenvalue weighted by molar-refractivity contribution is -0.0226. The first-order chi connectivity index (χ1) is 8.63. The lowest BCUT2D eigenvalue weighted by Crippen LogP contribution is -2.45. The Hall–Kier alpha value is -0.580. The van der Waals surface area contributed by atoms with E-state index in [0.29, 0.717) is 30.3 Å². The molecular formula is C13H15BrClNO2. The van der Waals surface area contributed by atoms with E-state index < -0.39 is 0 Å². The first-order valence-corrected chi connectivity index (χ1v) is 7.15. The third kappa shape index (κ3) is 2.87. The summed E-state index contributed by atoms with van der Waals surface area (Å²) in [5.74, 6) is -0.0250. The molecule has 1 aromatic rings. The molecule has 98 valence electrons. The van der Waals surface area contributed by atoms with Crippen molar-refractivity contribution in [1.29, 1.82) is 0 Å². The van der Waals surface area contributed by atoms with Crippen molar-refractivity contribution in [1.82, 2.24) is 4.90 Å². The molecule has 0 radical (unpaired) electrons. The molecule has 1 aliphatic rings. The van der Waals surface area contributed by atoms with Crippen LogP contribution in [0.1, 0.15) is 23.7 Å². The van der Waals surface area contributed by atoms with E-state index in [1.165, 1.54) is 0 Å². The SMILES string of the molecule is CCC1CN(C(=O)c2cccc(Br)c2Cl)CCO1. The van der Waals surface area contributed by atoms with Gasteiger partial charge in [-0.2, -0.15) is 0 Å². The number of ether oxygens (including phenoxy) is 1. The lowest BCUT2D eigenvalue weighted by atomic mass is 10.1. The van der Waals surface area contributed by atoms with Crippen molar-refractivity contribution in [3.05, 3.63) is 33.3 Å². The summed E-state index contributed by atoms with van der Waals surface area (Å²) in [5.41, 5.74) is 0.544. The predicted octanol–water partition coefficient (Wildman–Crippen LogP) is 3.35. The predicted molar refractivity (Wildman–Crippen MR) is 75.1 cm³/mol. The quantitative estimate of drug-likeness (QED) is 0.831. The second-order valence-electron chi connectivity index (χ2n) is 4.25. The summed E-state index contributed by atoms with van der Waals surface area (Å²) in [5, 5.41) is 0.474. The van der Waals surface area contributed by atoms with Crippen molar-refractivity contribution in [3.63, 3.8) is 0 Å². The summed E-state index contributed by atoms with van der Waals surface area (Å²) < 4.78 is 6.31. The minimum atomic E-state index is -0.0250. The Morgan fingerprint density at radius 1 is 1.61 bits per heavy atom. The number of hydrogen-bond acceptors (Lipinski definition) is 2. The first kappa shape index (κ1) is 13.8. The van der Waals surface area contributed by atoms with Crippen LogP contribution in [0, 0.1) is 0 Å². The van der Waals surface area contributed by atoms with Crippen molar-refractivity contribution < 1.29 is 9.53 Å². The van der Waals surface area contributed by atoms with Gasteiger partial charge in [-0.15, -0.1) is 0 Å². The molecule has 1 aliphatic heterocycles. The Kier molecular flexibility index (Phi) is 4.65. The fourth-order valence-corrected chi connectivity index (χ4v) is 2.56. The van der Waals surface area contributed by atoms with Crippen molar-refractivity contribution in [2.24, 2.45) is 0 Å². The van der Waals surface area contributed by atoms with Crippen LogP contribution in [0.5, 0.6) is 0 Å². The highest BCUT2D eigenvalue weighted by atomic mass is 79.9. The van der Waals surface area contributed by atoms with Gasteiger partial charge in [0.2, 0.25) is 0 Å². The summed E-state index contributed by atoms with van der Waals surface area (Å²) in [4.78, 5) is 14.2. The van der Waals surface area contributed by atoms with Gasteiger partial charge in [0.25, 0.3) is 5.91 Å². The Morgan fingerprint density at radius 2 is 2.39 bits per heavy atom. The number of carbonyl (C=O) groups excluding carboxylic acids is 1. The van der Waals surface area contributed by atoms with Crippen LogP contribution in [0.3, 0.4) is 0 Å². The molecule has 0 bridgehead atoms. The second kappa shape index (κ2) is 6.04. The highest BCUT2D eigenvalue weighted by Crippen LogP contribution is 2.27. The van der Waals surface area contributed by atoms with E-state index in [1.54, 1.807) is 6.07 Å². The van der Waals surface area contributed by atoms with E-state index in [2.05, 4.69) is 22.9 Å². The number of halogens is 2. The average Bonchev–Trinajstić information content (AvgIpc) is 2.41. The first-order valence-electron chi connectivity index (χ1n) is 5.98. The smallest absolute Gasteiger partial charge is 0.255 e. The van der Waals surface area contributed by atoms with Gasteiger partial charge < -0.3 is 9.64 Å². The normalized spacial score (nSPS) is 19.9. The number of morpholine rings is 1. The second-order valence-corrected chi connectivity index (χ2v) is 5.49. The fourth-order valence-electron chi connectivity index (χ4n) is 1.99. The molecule has 0 aliphatic carbocycles. The highest BCUT2D eigenvalue weighted by molar-refractivity contribution is 9.10. The van der Waals surface area contributed by atoms with Gasteiger partial charge >= 0.3 is 0 Å².